The fourth-order valence-corrected chi connectivity index (χ4v) is 0.490. The number of amidine groups is 1. The molecule has 50 valence electrons. The van der Waals surface area contributed by atoms with E-state index in [2.05, 4.69) is 0 Å². The largest absolute Gasteiger partial charge is 1.00 e. The zero-order valence-corrected chi connectivity index (χ0v) is 5.87. The van der Waals surface area contributed by atoms with Crippen LogP contribution in [-0.4, -0.2) is 22.6 Å². The van der Waals surface area contributed by atoms with Gasteiger partial charge in [-0.15, -0.1) is 0 Å². The second-order valence-electron chi connectivity index (χ2n) is 0.974. The first-order valence-electron chi connectivity index (χ1n) is 1.89. The predicted octanol–water partition coefficient (Wildman–Crippen LogP) is -5.21. The van der Waals surface area contributed by atoms with E-state index in [1.165, 1.54) is 11.8 Å². The van der Waals surface area contributed by atoms with Crippen molar-refractivity contribution in [2.45, 2.75) is 0 Å². The van der Waals surface area contributed by atoms with Crippen LogP contribution in [0.3, 0.4) is 0 Å². The molecular weight excluding hydrogens is 148 g/mol. The molecule has 0 aliphatic rings. The van der Waals surface area contributed by atoms with Gasteiger partial charge in [-0.25, -0.2) is 0 Å². The van der Waals surface area contributed by atoms with E-state index >= 15 is 0 Å². The number of aliphatic hydroxyl groups excluding tert-OH is 1. The fourth-order valence-electron chi connectivity index (χ4n) is 0.163. The van der Waals surface area contributed by atoms with Crippen LogP contribution >= 0.6 is 11.8 Å². The van der Waals surface area contributed by atoms with Gasteiger partial charge in [0.25, 0.3) is 5.17 Å². The summed E-state index contributed by atoms with van der Waals surface area (Å²) in [5.74, 6) is 0.586. The van der Waals surface area contributed by atoms with Crippen molar-refractivity contribution in [1.82, 2.24) is 0 Å². The Morgan fingerprint density at radius 1 is 1.75 bits per heavy atom. The van der Waals surface area contributed by atoms with E-state index in [1.54, 1.807) is 0 Å². The molecule has 0 aromatic heterocycles. The van der Waals surface area contributed by atoms with Gasteiger partial charge >= 0.3 is 0 Å². The Hall–Kier alpha value is 0.0700. The van der Waals surface area contributed by atoms with Gasteiger partial charge in [-0.1, -0.05) is 0 Å². The van der Waals surface area contributed by atoms with Crippen LogP contribution in [0.2, 0.25) is 0 Å². The Balaban J connectivity index is 0. The zero-order chi connectivity index (χ0) is 5.70. The van der Waals surface area contributed by atoms with Crippen LogP contribution in [0.4, 0.5) is 0 Å². The number of aliphatic hydroxyl groups is 1. The molecule has 0 aromatic carbocycles. The number of hydrogen-bond donors (Lipinski definition) is 3. The van der Waals surface area contributed by atoms with Crippen molar-refractivity contribution >= 4 is 16.9 Å². The molecule has 0 heterocycles. The molecule has 0 unspecified atom stereocenters. The summed E-state index contributed by atoms with van der Waals surface area (Å²) in [6.45, 7) is 0.128. The second-order valence-corrected chi connectivity index (χ2v) is 2.14. The highest BCUT2D eigenvalue weighted by Crippen LogP contribution is 1.90. The molecule has 0 aliphatic heterocycles. The van der Waals surface area contributed by atoms with Gasteiger partial charge in [0.2, 0.25) is 0 Å². The third kappa shape index (κ3) is 9.42. The van der Waals surface area contributed by atoms with Gasteiger partial charge in [-0.2, -0.15) is 0 Å². The second kappa shape index (κ2) is 7.07. The Morgan fingerprint density at radius 2 is 2.25 bits per heavy atom. The van der Waals surface area contributed by atoms with Crippen molar-refractivity contribution < 1.29 is 22.9 Å². The van der Waals surface area contributed by atoms with Gasteiger partial charge in [-0.05, 0) is 11.8 Å². The molecule has 3 nitrogen and oxygen atoms in total. The predicted molar refractivity (Wildman–Crippen MR) is 30.7 cm³/mol. The zero-order valence-electron chi connectivity index (χ0n) is 4.30. The van der Waals surface area contributed by atoms with Crippen LogP contribution in [0.25, 0.3) is 0 Å². The normalized spacial score (nSPS) is 7.62. The maximum absolute atomic E-state index is 8.17. The lowest BCUT2D eigenvalue weighted by Gasteiger charge is -1.84. The van der Waals surface area contributed by atoms with Gasteiger partial charge < -0.3 is 17.5 Å². The van der Waals surface area contributed by atoms with E-state index < -0.39 is 0 Å². The summed E-state index contributed by atoms with van der Waals surface area (Å²) < 4.78 is 0. The van der Waals surface area contributed by atoms with Crippen LogP contribution in [0.1, 0.15) is 0 Å². The van der Waals surface area contributed by atoms with Crippen molar-refractivity contribution in [1.29, 1.82) is 0 Å². The molecule has 0 aliphatic carbocycles. The summed E-state index contributed by atoms with van der Waals surface area (Å²) in [6, 6.07) is 0. The lowest BCUT2D eigenvalue weighted by atomic mass is 10.9. The van der Waals surface area contributed by atoms with Gasteiger partial charge in [0.1, 0.15) is 0 Å². The third-order valence-electron chi connectivity index (χ3n) is 0.360. The van der Waals surface area contributed by atoms with Gasteiger partial charge in [0.05, 0.1) is 6.61 Å². The Labute approximate surface area is 58.6 Å². The molecule has 0 aromatic rings. The van der Waals surface area contributed by atoms with Crippen LogP contribution < -0.4 is 23.5 Å². The van der Waals surface area contributed by atoms with Crippen LogP contribution in [0.15, 0.2) is 0 Å². The topological polar surface area (TPSA) is 71.8 Å². The maximum Gasteiger partial charge on any atom is 0.299 e. The monoisotopic (exact) mass is 156 g/mol. The molecule has 0 saturated heterocycles. The van der Waals surface area contributed by atoms with E-state index in [0.29, 0.717) is 10.9 Å². The summed E-state index contributed by atoms with van der Waals surface area (Å²) >= 11 is 1.25. The summed E-state index contributed by atoms with van der Waals surface area (Å²) in [5, 5.41) is 13.5. The van der Waals surface area contributed by atoms with Gasteiger partial charge in [0, 0.05) is 5.75 Å². The number of nitrogens with two attached hydrogens (primary N) is 2. The summed E-state index contributed by atoms with van der Waals surface area (Å²) in [6.07, 6.45) is 0. The van der Waals surface area contributed by atoms with E-state index in [9.17, 15) is 0 Å². The minimum absolute atomic E-state index is 0. The summed E-state index contributed by atoms with van der Waals surface area (Å²) in [7, 11) is 0. The van der Waals surface area contributed by atoms with Crippen LogP contribution in [-0.2, 0) is 0 Å². The molecule has 5 heteroatoms. The molecule has 5 N–H and O–H groups in total. The van der Waals surface area contributed by atoms with E-state index in [0.717, 1.165) is 0 Å². The highest BCUT2D eigenvalue weighted by molar-refractivity contribution is 8.13. The minimum atomic E-state index is 0. The standard InChI is InChI=1S/C3H8N2OS.ClH/c4-3(5)7-2-1-6;/h6H,1-2H2,(H3,4,5);1H. The molecule has 0 bridgehead atoms. The van der Waals surface area contributed by atoms with Gasteiger partial charge in [-0.3, -0.25) is 11.1 Å². The first-order valence-corrected chi connectivity index (χ1v) is 2.87. The number of thioether (sulfide) groups is 1. The molecule has 0 amide bonds. The molecule has 0 saturated carbocycles. The summed E-state index contributed by atoms with van der Waals surface area (Å²) in [5.41, 5.74) is 5.02. The third-order valence-corrected chi connectivity index (χ3v) is 1.08. The number of hydrogen-bond acceptors (Lipinski definition) is 2. The average Bonchev–Trinajstić information content (AvgIpc) is 1.61. The smallest absolute Gasteiger partial charge is 0.299 e. The van der Waals surface area contributed by atoms with Crippen LogP contribution in [0.5, 0.6) is 0 Å². The van der Waals surface area contributed by atoms with Gasteiger partial charge in [0.15, 0.2) is 0 Å². The van der Waals surface area contributed by atoms with E-state index in [-0.39, 0.29) is 19.0 Å². The fraction of sp³-hybridized carbons (Fsp3) is 0.667. The average molecular weight is 157 g/mol. The molecule has 8 heavy (non-hydrogen) atoms. The molecule has 0 rings (SSSR count). The number of halogens is 1. The van der Waals surface area contributed by atoms with Crippen molar-refractivity contribution in [3.05, 3.63) is 0 Å². The van der Waals surface area contributed by atoms with Crippen LogP contribution in [0, 0.1) is 0 Å². The van der Waals surface area contributed by atoms with Crippen molar-refractivity contribution in [2.24, 2.45) is 5.73 Å². The lowest BCUT2D eigenvalue weighted by Crippen LogP contribution is -3.00. The summed E-state index contributed by atoms with van der Waals surface area (Å²) in [4.78, 5) is 0. The number of rotatable bonds is 2. The first-order chi connectivity index (χ1) is 3.27. The van der Waals surface area contributed by atoms with Crippen molar-refractivity contribution in [3.63, 3.8) is 0 Å². The maximum atomic E-state index is 8.17. The molecule has 0 radical (unpaired) electrons. The minimum Gasteiger partial charge on any atom is -1.00 e. The molecule has 0 atom stereocenters. The highest BCUT2D eigenvalue weighted by atomic mass is 35.5. The Morgan fingerprint density at radius 3 is 2.38 bits per heavy atom. The quantitative estimate of drug-likeness (QED) is 0.277. The van der Waals surface area contributed by atoms with Crippen molar-refractivity contribution in [2.75, 3.05) is 12.4 Å². The van der Waals surface area contributed by atoms with E-state index in [1.807, 2.05) is 0 Å². The first kappa shape index (κ1) is 10.9. The SMILES string of the molecule is NC(=[NH2+])SCCO.[Cl-]. The molecule has 0 spiro atoms. The Kier molecular flexibility index (Phi) is 9.68. The lowest BCUT2D eigenvalue weighted by molar-refractivity contribution is -0.110. The van der Waals surface area contributed by atoms with E-state index in [4.69, 9.17) is 16.2 Å². The molecular formula is C3H9ClN2OS. The highest BCUT2D eigenvalue weighted by Gasteiger charge is 1.91. The Bertz CT molecular complexity index is 70.3. The van der Waals surface area contributed by atoms with Crippen molar-refractivity contribution in [3.8, 4) is 0 Å². The molecule has 0 fully saturated rings.